The molecular formula is C20H39NO3S. The molecule has 0 radical (unpaired) electrons. The van der Waals surface area contributed by atoms with Gasteiger partial charge in [-0.15, -0.1) is 0 Å². The molecule has 0 aliphatic carbocycles. The van der Waals surface area contributed by atoms with E-state index in [4.69, 9.17) is 4.55 Å². The van der Waals surface area contributed by atoms with Gasteiger partial charge in [-0.2, -0.15) is 8.42 Å². The Bertz CT molecular complexity index is 501. The Hall–Kier alpha value is -0.810. The van der Waals surface area contributed by atoms with Crippen molar-refractivity contribution in [3.63, 3.8) is 0 Å². The molecule has 0 saturated carbocycles. The molecule has 5 heteroatoms. The molecule has 0 bridgehead atoms. The van der Waals surface area contributed by atoms with Gasteiger partial charge >= 0.3 is 0 Å². The van der Waals surface area contributed by atoms with Crippen LogP contribution in [0.15, 0.2) is 18.5 Å². The minimum absolute atomic E-state index is 0.715. The molecule has 0 amide bonds. The van der Waals surface area contributed by atoms with Crippen molar-refractivity contribution in [3.8, 4) is 0 Å². The molecule has 0 aromatic carbocycles. The van der Waals surface area contributed by atoms with E-state index in [0.29, 0.717) is 6.26 Å². The summed E-state index contributed by atoms with van der Waals surface area (Å²) in [5.74, 6) is 0. The lowest BCUT2D eigenvalue weighted by Gasteiger charge is -2.04. The van der Waals surface area contributed by atoms with Crippen LogP contribution in [0, 0.1) is 0 Å². The number of aryl methyl sites for hydroxylation is 2. The van der Waals surface area contributed by atoms with Crippen molar-refractivity contribution < 1.29 is 13.0 Å². The van der Waals surface area contributed by atoms with Crippen molar-refractivity contribution in [3.05, 3.63) is 24.0 Å². The molecule has 0 atom stereocenters. The third-order valence-corrected chi connectivity index (χ3v) is 4.15. The molecule has 25 heavy (non-hydrogen) atoms. The van der Waals surface area contributed by atoms with Crippen LogP contribution in [0.3, 0.4) is 0 Å². The lowest BCUT2D eigenvalue weighted by atomic mass is 10.1. The maximum absolute atomic E-state index is 9.19. The van der Waals surface area contributed by atoms with Crippen molar-refractivity contribution in [2.24, 2.45) is 0 Å². The molecule has 0 saturated heterocycles. The van der Waals surface area contributed by atoms with E-state index in [2.05, 4.69) is 36.9 Å². The first kappa shape index (κ1) is 24.2. The minimum atomic E-state index is -3.67. The summed E-state index contributed by atoms with van der Waals surface area (Å²) in [5, 5.41) is 0. The summed E-state index contributed by atoms with van der Waals surface area (Å²) in [6.45, 7) is 5.76. The zero-order valence-corrected chi connectivity index (χ0v) is 17.4. The first-order valence-corrected chi connectivity index (χ1v) is 11.8. The lowest BCUT2D eigenvalue weighted by molar-refractivity contribution is 0.490. The van der Waals surface area contributed by atoms with Crippen molar-refractivity contribution >= 4 is 10.1 Å². The fourth-order valence-corrected chi connectivity index (χ4v) is 2.76. The summed E-state index contributed by atoms with van der Waals surface area (Å²) < 4.78 is 28.2. The predicted octanol–water partition coefficient (Wildman–Crippen LogP) is 5.87. The highest BCUT2D eigenvalue weighted by molar-refractivity contribution is 7.85. The topological polar surface area (TPSA) is 59.3 Å². The van der Waals surface area contributed by atoms with E-state index >= 15 is 0 Å². The van der Waals surface area contributed by atoms with Gasteiger partial charge in [-0.05, 0) is 30.9 Å². The van der Waals surface area contributed by atoms with Gasteiger partial charge in [0.2, 0.25) is 0 Å². The molecule has 1 N–H and O–H groups in total. The number of unbranched alkanes of at least 4 members (excludes halogenated alkanes) is 9. The van der Waals surface area contributed by atoms with Gasteiger partial charge in [-0.25, -0.2) is 0 Å². The van der Waals surface area contributed by atoms with Crippen LogP contribution in [0.2, 0.25) is 0 Å². The van der Waals surface area contributed by atoms with E-state index in [9.17, 15) is 8.42 Å². The first-order valence-electron chi connectivity index (χ1n) is 9.94. The number of hydrogen-bond donors (Lipinski definition) is 1. The van der Waals surface area contributed by atoms with Gasteiger partial charge in [0.25, 0.3) is 10.1 Å². The van der Waals surface area contributed by atoms with Crippen molar-refractivity contribution in [1.29, 1.82) is 0 Å². The Morgan fingerprint density at radius 1 is 0.880 bits per heavy atom. The smallest absolute Gasteiger partial charge is 0.261 e. The first-order chi connectivity index (χ1) is 11.9. The summed E-state index contributed by atoms with van der Waals surface area (Å²) in [5.41, 5.74) is 1.52. The van der Waals surface area contributed by atoms with E-state index in [-0.39, 0.29) is 0 Å². The van der Waals surface area contributed by atoms with E-state index in [0.717, 1.165) is 0 Å². The molecule has 0 aliphatic heterocycles. The van der Waals surface area contributed by atoms with E-state index in [1.807, 2.05) is 0 Å². The number of rotatable bonds is 13. The zero-order valence-electron chi connectivity index (χ0n) is 16.5. The maximum Gasteiger partial charge on any atom is 0.261 e. The summed E-state index contributed by atoms with van der Waals surface area (Å²) in [4.78, 5) is 0. The Morgan fingerprint density at radius 2 is 1.36 bits per heavy atom. The lowest BCUT2D eigenvalue weighted by Crippen LogP contribution is -1.94. The fourth-order valence-electron chi connectivity index (χ4n) is 2.76. The van der Waals surface area contributed by atoms with Crippen LogP contribution in [0.1, 0.15) is 90.0 Å². The average molecular weight is 374 g/mol. The third-order valence-electron chi connectivity index (χ3n) is 4.15. The third kappa shape index (κ3) is 19.4. The second kappa shape index (κ2) is 15.4. The van der Waals surface area contributed by atoms with Crippen LogP contribution in [0.25, 0.3) is 0 Å². The second-order valence-corrected chi connectivity index (χ2v) is 8.39. The highest BCUT2D eigenvalue weighted by Gasteiger charge is 1.97. The van der Waals surface area contributed by atoms with Gasteiger partial charge in [-0.3, -0.25) is 4.55 Å². The van der Waals surface area contributed by atoms with Gasteiger partial charge in [0.15, 0.2) is 0 Å². The van der Waals surface area contributed by atoms with E-state index < -0.39 is 10.1 Å². The van der Waals surface area contributed by atoms with Gasteiger partial charge in [0, 0.05) is 18.9 Å². The molecule has 4 nitrogen and oxygen atoms in total. The van der Waals surface area contributed by atoms with E-state index in [1.54, 1.807) is 0 Å². The second-order valence-electron chi connectivity index (χ2n) is 6.92. The Balaban J connectivity index is 0.00000101. The Morgan fingerprint density at radius 3 is 1.88 bits per heavy atom. The van der Waals surface area contributed by atoms with Gasteiger partial charge < -0.3 is 4.57 Å². The van der Waals surface area contributed by atoms with Gasteiger partial charge in [0.05, 0.1) is 6.26 Å². The van der Waals surface area contributed by atoms with Crippen molar-refractivity contribution in [1.82, 2.24) is 4.57 Å². The number of aromatic nitrogens is 1. The van der Waals surface area contributed by atoms with Gasteiger partial charge in [0.1, 0.15) is 0 Å². The van der Waals surface area contributed by atoms with Crippen molar-refractivity contribution in [2.75, 3.05) is 6.26 Å². The SMILES string of the molecule is CCCCCCCCCCCn1ccc(CCCC)c1.CS(=O)(=O)O. The highest BCUT2D eigenvalue weighted by Crippen LogP contribution is 2.11. The predicted molar refractivity (Wildman–Crippen MR) is 108 cm³/mol. The van der Waals surface area contributed by atoms with Crippen LogP contribution < -0.4 is 0 Å². The fraction of sp³-hybridized carbons (Fsp3) is 0.800. The molecule has 1 aromatic heterocycles. The molecule has 0 spiro atoms. The van der Waals surface area contributed by atoms with E-state index in [1.165, 1.54) is 89.2 Å². The highest BCUT2D eigenvalue weighted by atomic mass is 32.2. The standard InChI is InChI=1S/C19H35N.CH4O3S/c1-3-5-7-8-9-10-11-12-13-16-20-17-15-19(18-20)14-6-4-2;1-5(2,3)4/h15,17-18H,3-14,16H2,1-2H3;1H3,(H,2,3,4). The Kier molecular flexibility index (Phi) is 14.9. The van der Waals surface area contributed by atoms with Crippen LogP contribution in [0.5, 0.6) is 0 Å². The molecule has 0 unspecified atom stereocenters. The summed E-state index contributed by atoms with van der Waals surface area (Å²) in [6.07, 6.45) is 21.9. The quantitative estimate of drug-likeness (QED) is 0.348. The number of nitrogens with zero attached hydrogens (tertiary/aromatic N) is 1. The van der Waals surface area contributed by atoms with Crippen LogP contribution in [-0.2, 0) is 23.1 Å². The molecule has 0 aliphatic rings. The van der Waals surface area contributed by atoms with Crippen LogP contribution >= 0.6 is 0 Å². The van der Waals surface area contributed by atoms with Gasteiger partial charge in [-0.1, -0.05) is 71.6 Å². The Labute approximate surface area is 155 Å². The molecule has 1 heterocycles. The molecule has 0 fully saturated rings. The normalized spacial score (nSPS) is 11.2. The molecule has 1 aromatic rings. The largest absolute Gasteiger partial charge is 0.354 e. The van der Waals surface area contributed by atoms with Crippen molar-refractivity contribution in [2.45, 2.75) is 97.4 Å². The zero-order chi connectivity index (χ0) is 19.0. The summed E-state index contributed by atoms with van der Waals surface area (Å²) >= 11 is 0. The van der Waals surface area contributed by atoms with Crippen LogP contribution in [-0.4, -0.2) is 23.8 Å². The molecule has 1 rings (SSSR count). The monoisotopic (exact) mass is 373 g/mol. The van der Waals surface area contributed by atoms with Crippen LogP contribution in [0.4, 0.5) is 0 Å². The summed E-state index contributed by atoms with van der Waals surface area (Å²) in [6, 6.07) is 2.30. The summed E-state index contributed by atoms with van der Waals surface area (Å²) in [7, 11) is -3.67. The number of hydrogen-bond acceptors (Lipinski definition) is 2. The maximum atomic E-state index is 9.19. The average Bonchev–Trinajstić information content (AvgIpc) is 2.97. The minimum Gasteiger partial charge on any atom is -0.354 e. The molecular weight excluding hydrogens is 334 g/mol. The molecule has 148 valence electrons.